The fraction of sp³-hybridized carbons (Fsp3) is 0.750. The van der Waals surface area contributed by atoms with Crippen LogP contribution in [-0.4, -0.2) is 53.6 Å². The van der Waals surface area contributed by atoms with E-state index in [1.165, 1.54) is 0 Å². The van der Waals surface area contributed by atoms with Gasteiger partial charge >= 0.3 is 12.0 Å². The lowest BCUT2D eigenvalue weighted by Gasteiger charge is -2.37. The minimum absolute atomic E-state index is 0.0614. The SMILES string of the molecule is C=CCCCN(C)C(=O)N1CCCC(C(C)CC(=O)O)C1. The fourth-order valence-electron chi connectivity index (χ4n) is 2.90. The lowest BCUT2D eigenvalue weighted by Crippen LogP contribution is -2.47. The van der Waals surface area contributed by atoms with Gasteiger partial charge in [-0.05, 0) is 37.5 Å². The fourth-order valence-corrected chi connectivity index (χ4v) is 2.90. The summed E-state index contributed by atoms with van der Waals surface area (Å²) in [5, 5.41) is 8.90. The van der Waals surface area contributed by atoms with Crippen molar-refractivity contribution in [2.24, 2.45) is 11.8 Å². The van der Waals surface area contributed by atoms with Crippen molar-refractivity contribution in [1.82, 2.24) is 9.80 Å². The Hall–Kier alpha value is -1.52. The summed E-state index contributed by atoms with van der Waals surface area (Å²) in [4.78, 5) is 26.9. The van der Waals surface area contributed by atoms with Gasteiger partial charge < -0.3 is 14.9 Å². The zero-order chi connectivity index (χ0) is 15.8. The van der Waals surface area contributed by atoms with E-state index in [1.807, 2.05) is 24.9 Å². The first-order valence-electron chi connectivity index (χ1n) is 7.78. The second kappa shape index (κ2) is 8.70. The van der Waals surface area contributed by atoms with E-state index in [1.54, 1.807) is 4.90 Å². The highest BCUT2D eigenvalue weighted by molar-refractivity contribution is 5.74. The lowest BCUT2D eigenvalue weighted by atomic mass is 9.85. The number of aliphatic carboxylic acids is 1. The topological polar surface area (TPSA) is 60.9 Å². The molecule has 1 aliphatic heterocycles. The third-order valence-electron chi connectivity index (χ3n) is 4.26. The molecule has 0 aromatic carbocycles. The zero-order valence-corrected chi connectivity index (χ0v) is 13.3. The zero-order valence-electron chi connectivity index (χ0n) is 13.3. The van der Waals surface area contributed by atoms with Gasteiger partial charge in [0, 0.05) is 33.1 Å². The maximum absolute atomic E-state index is 12.4. The van der Waals surface area contributed by atoms with Crippen molar-refractivity contribution in [3.8, 4) is 0 Å². The van der Waals surface area contributed by atoms with Crippen molar-refractivity contribution in [3.05, 3.63) is 12.7 Å². The predicted molar refractivity (Wildman–Crippen MR) is 83.2 cm³/mol. The van der Waals surface area contributed by atoms with Crippen LogP contribution in [0.4, 0.5) is 4.79 Å². The van der Waals surface area contributed by atoms with Crippen molar-refractivity contribution in [1.29, 1.82) is 0 Å². The number of carbonyl (C=O) groups excluding carboxylic acids is 1. The number of rotatable bonds is 7. The molecule has 120 valence electrons. The highest BCUT2D eigenvalue weighted by Crippen LogP contribution is 2.26. The Kier molecular flexibility index (Phi) is 7.26. The van der Waals surface area contributed by atoms with Crippen LogP contribution in [0.3, 0.4) is 0 Å². The summed E-state index contributed by atoms with van der Waals surface area (Å²) in [5.41, 5.74) is 0. The Morgan fingerprint density at radius 3 is 2.86 bits per heavy atom. The quantitative estimate of drug-likeness (QED) is 0.580. The van der Waals surface area contributed by atoms with Gasteiger partial charge in [-0.15, -0.1) is 6.58 Å². The van der Waals surface area contributed by atoms with E-state index in [4.69, 9.17) is 5.11 Å². The highest BCUT2D eigenvalue weighted by atomic mass is 16.4. The van der Waals surface area contributed by atoms with E-state index < -0.39 is 5.97 Å². The van der Waals surface area contributed by atoms with Crippen LogP contribution in [-0.2, 0) is 4.79 Å². The minimum Gasteiger partial charge on any atom is -0.481 e. The van der Waals surface area contributed by atoms with Crippen LogP contribution in [0.25, 0.3) is 0 Å². The van der Waals surface area contributed by atoms with Crippen molar-refractivity contribution in [2.45, 2.75) is 39.0 Å². The van der Waals surface area contributed by atoms with E-state index >= 15 is 0 Å². The number of carboxylic acid groups (broad SMARTS) is 1. The molecule has 5 heteroatoms. The molecule has 0 aliphatic carbocycles. The van der Waals surface area contributed by atoms with Gasteiger partial charge in [0.25, 0.3) is 0 Å². The molecule has 0 saturated carbocycles. The van der Waals surface area contributed by atoms with Crippen LogP contribution in [0, 0.1) is 11.8 Å². The van der Waals surface area contributed by atoms with E-state index in [0.717, 1.165) is 38.8 Å². The monoisotopic (exact) mass is 296 g/mol. The van der Waals surface area contributed by atoms with Gasteiger partial charge in [0.2, 0.25) is 0 Å². The first-order valence-corrected chi connectivity index (χ1v) is 7.78. The molecule has 0 bridgehead atoms. The van der Waals surface area contributed by atoms with Crippen molar-refractivity contribution < 1.29 is 14.7 Å². The summed E-state index contributed by atoms with van der Waals surface area (Å²) in [6.45, 7) is 7.85. The number of carboxylic acids is 1. The molecule has 0 aromatic rings. The summed E-state index contributed by atoms with van der Waals surface area (Å²) < 4.78 is 0. The maximum Gasteiger partial charge on any atom is 0.319 e. The molecule has 0 aromatic heterocycles. The van der Waals surface area contributed by atoms with Crippen LogP contribution in [0.15, 0.2) is 12.7 Å². The van der Waals surface area contributed by atoms with Gasteiger partial charge in [-0.1, -0.05) is 13.0 Å². The van der Waals surface area contributed by atoms with E-state index in [2.05, 4.69) is 6.58 Å². The molecule has 1 N–H and O–H groups in total. The molecule has 2 amide bonds. The number of hydrogen-bond acceptors (Lipinski definition) is 2. The summed E-state index contributed by atoms with van der Waals surface area (Å²) in [6.07, 6.45) is 5.86. The molecular weight excluding hydrogens is 268 g/mol. The molecule has 1 saturated heterocycles. The third-order valence-corrected chi connectivity index (χ3v) is 4.26. The number of carbonyl (C=O) groups is 2. The number of piperidine rings is 1. The first kappa shape index (κ1) is 17.5. The van der Waals surface area contributed by atoms with Crippen molar-refractivity contribution in [2.75, 3.05) is 26.7 Å². The Morgan fingerprint density at radius 1 is 1.52 bits per heavy atom. The summed E-state index contributed by atoms with van der Waals surface area (Å²) >= 11 is 0. The Morgan fingerprint density at radius 2 is 2.24 bits per heavy atom. The smallest absolute Gasteiger partial charge is 0.319 e. The van der Waals surface area contributed by atoms with E-state index in [0.29, 0.717) is 12.5 Å². The number of hydrogen-bond donors (Lipinski definition) is 1. The van der Waals surface area contributed by atoms with Gasteiger partial charge in [-0.3, -0.25) is 4.79 Å². The highest BCUT2D eigenvalue weighted by Gasteiger charge is 2.29. The average Bonchev–Trinajstić information content (AvgIpc) is 2.46. The standard InChI is InChI=1S/C16H28N2O3/c1-4-5-6-9-17(3)16(21)18-10-7-8-14(12-18)13(2)11-15(19)20/h4,13-14H,1,5-12H2,2-3H3,(H,19,20). The largest absolute Gasteiger partial charge is 0.481 e. The summed E-state index contributed by atoms with van der Waals surface area (Å²) in [7, 11) is 1.83. The second-order valence-corrected chi connectivity index (χ2v) is 6.06. The Bertz CT molecular complexity index is 371. The van der Waals surface area contributed by atoms with Crippen molar-refractivity contribution in [3.63, 3.8) is 0 Å². The van der Waals surface area contributed by atoms with Gasteiger partial charge in [0.1, 0.15) is 0 Å². The molecule has 2 unspecified atom stereocenters. The first-order chi connectivity index (χ1) is 9.95. The molecule has 1 heterocycles. The molecule has 0 radical (unpaired) electrons. The molecule has 1 fully saturated rings. The van der Waals surface area contributed by atoms with E-state index in [9.17, 15) is 9.59 Å². The van der Waals surface area contributed by atoms with Crippen LogP contribution in [0.1, 0.15) is 39.0 Å². The number of unbranched alkanes of at least 4 members (excludes halogenated alkanes) is 1. The Labute approximate surface area is 127 Å². The average molecular weight is 296 g/mol. The molecule has 1 rings (SSSR count). The van der Waals surface area contributed by atoms with E-state index in [-0.39, 0.29) is 18.4 Å². The van der Waals surface area contributed by atoms with Crippen LogP contribution < -0.4 is 0 Å². The summed E-state index contributed by atoms with van der Waals surface area (Å²) in [6, 6.07) is 0.0614. The second-order valence-electron chi connectivity index (χ2n) is 6.06. The van der Waals surface area contributed by atoms with Crippen LogP contribution in [0.5, 0.6) is 0 Å². The van der Waals surface area contributed by atoms with Gasteiger partial charge in [0.05, 0.1) is 0 Å². The number of allylic oxidation sites excluding steroid dienone is 1. The molecule has 2 atom stereocenters. The summed E-state index contributed by atoms with van der Waals surface area (Å²) in [5.74, 6) is -0.350. The molecular formula is C16H28N2O3. The Balaban J connectivity index is 2.48. The number of urea groups is 1. The lowest BCUT2D eigenvalue weighted by molar-refractivity contribution is -0.138. The minimum atomic E-state index is -0.757. The third kappa shape index (κ3) is 5.78. The van der Waals surface area contributed by atoms with Crippen LogP contribution >= 0.6 is 0 Å². The molecule has 0 spiro atoms. The number of nitrogens with zero attached hydrogens (tertiary/aromatic N) is 2. The maximum atomic E-state index is 12.4. The number of amides is 2. The predicted octanol–water partition coefficient (Wildman–Crippen LogP) is 2.83. The molecule has 5 nitrogen and oxygen atoms in total. The van der Waals surface area contributed by atoms with Gasteiger partial charge in [-0.25, -0.2) is 4.79 Å². The normalized spacial score (nSPS) is 19.9. The van der Waals surface area contributed by atoms with Gasteiger partial charge in [-0.2, -0.15) is 0 Å². The number of likely N-dealkylation sites (tertiary alicyclic amines) is 1. The van der Waals surface area contributed by atoms with Crippen LogP contribution in [0.2, 0.25) is 0 Å². The van der Waals surface area contributed by atoms with Crippen molar-refractivity contribution >= 4 is 12.0 Å². The molecule has 21 heavy (non-hydrogen) atoms. The molecule has 1 aliphatic rings. The van der Waals surface area contributed by atoms with Gasteiger partial charge in [0.15, 0.2) is 0 Å².